The zero-order valence-electron chi connectivity index (χ0n) is 35.0. The lowest BCUT2D eigenvalue weighted by molar-refractivity contribution is -0.0168. The second kappa shape index (κ2) is 23.8. The minimum atomic E-state index is -3.52. The molecule has 3 aliphatic heterocycles. The number of nitrogens with zero attached hydrogens (tertiary/aromatic N) is 2. The Morgan fingerprint density at radius 3 is 2.61 bits per heavy atom. The van der Waals surface area contributed by atoms with Crippen molar-refractivity contribution in [1.82, 2.24) is 10.2 Å². The second-order valence-corrected chi connectivity index (χ2v) is 19.9. The molecule has 0 bridgehead atoms. The van der Waals surface area contributed by atoms with E-state index >= 15 is 0 Å². The SMILES string of the molecule is C1CN2CCOC[C@@H]2CN1.C=CC[C@H](C)[C@@H](COC)S(N)(=O)=O.C=C[C@H](O)[C@@H]1CC[C@H]1CN1C[C@@]2(CCCc3cc(Cl)ccc32)COc2ccc(C(=O)O)cc21.CCI. The summed E-state index contributed by atoms with van der Waals surface area (Å²) in [4.78, 5) is 16.5. The van der Waals surface area contributed by atoms with Crippen molar-refractivity contribution in [2.75, 3.05) is 82.1 Å². The lowest BCUT2D eigenvalue weighted by Crippen LogP contribution is -2.56. The van der Waals surface area contributed by atoms with Crippen LogP contribution in [0.3, 0.4) is 0 Å². The molecule has 0 radical (unpaired) electrons. The van der Waals surface area contributed by atoms with Gasteiger partial charge in [-0.3, -0.25) is 4.90 Å². The number of halogens is 2. The van der Waals surface area contributed by atoms with Crippen LogP contribution in [-0.4, -0.2) is 124 Å². The molecule has 2 saturated heterocycles. The van der Waals surface area contributed by atoms with Crippen molar-refractivity contribution in [2.45, 2.75) is 75.2 Å². The maximum Gasteiger partial charge on any atom is 0.335 e. The Morgan fingerprint density at radius 2 is 1.98 bits per heavy atom. The van der Waals surface area contributed by atoms with Crippen molar-refractivity contribution in [1.29, 1.82) is 0 Å². The molecule has 5 N–H and O–H groups in total. The molecule has 0 unspecified atom stereocenters. The van der Waals surface area contributed by atoms with Crippen LogP contribution in [0.5, 0.6) is 5.75 Å². The molecular weight excluding hydrogens is 907 g/mol. The monoisotopic (exact) mass is 972 g/mol. The molecular formula is C44H66ClIN4O8S. The fourth-order valence-electron chi connectivity index (χ4n) is 8.80. The van der Waals surface area contributed by atoms with Gasteiger partial charge in [0, 0.05) is 62.9 Å². The number of aliphatic hydroxyl groups is 1. The summed E-state index contributed by atoms with van der Waals surface area (Å²) in [5.41, 5.74) is 3.44. The highest BCUT2D eigenvalue weighted by Gasteiger charge is 2.44. The molecule has 2 aromatic rings. The Kier molecular flexibility index (Phi) is 19.9. The summed E-state index contributed by atoms with van der Waals surface area (Å²) in [6.45, 7) is 19.9. The number of methoxy groups -OCH3 is 1. The van der Waals surface area contributed by atoms with Gasteiger partial charge in [-0.15, -0.1) is 13.2 Å². The molecule has 2 aromatic carbocycles. The number of fused-ring (bicyclic) bond motifs is 4. The zero-order valence-corrected chi connectivity index (χ0v) is 38.7. The van der Waals surface area contributed by atoms with Gasteiger partial charge in [-0.05, 0) is 102 Å². The van der Waals surface area contributed by atoms with Crippen molar-refractivity contribution in [3.05, 3.63) is 83.4 Å². The first-order valence-electron chi connectivity index (χ1n) is 20.8. The Bertz CT molecular complexity index is 1760. The van der Waals surface area contributed by atoms with E-state index in [-0.39, 0.29) is 29.4 Å². The first-order valence-corrected chi connectivity index (χ1v) is 24.3. The van der Waals surface area contributed by atoms with Gasteiger partial charge >= 0.3 is 5.97 Å². The minimum Gasteiger partial charge on any atom is -0.490 e. The van der Waals surface area contributed by atoms with Crippen LogP contribution < -0.4 is 20.1 Å². The van der Waals surface area contributed by atoms with Gasteiger partial charge in [-0.25, -0.2) is 18.4 Å². The molecule has 1 spiro atoms. The first kappa shape index (κ1) is 49.4. The van der Waals surface area contributed by atoms with E-state index in [4.69, 9.17) is 31.0 Å². The molecule has 1 saturated carbocycles. The van der Waals surface area contributed by atoms with Crippen LogP contribution in [-0.2, 0) is 31.3 Å². The normalized spacial score (nSPS) is 25.0. The third kappa shape index (κ3) is 13.6. The van der Waals surface area contributed by atoms with Crippen LogP contribution in [0.25, 0.3) is 0 Å². The Hall–Kier alpha value is -2.28. The number of aromatic carboxylic acids is 1. The van der Waals surface area contributed by atoms with Gasteiger partial charge < -0.3 is 34.6 Å². The largest absolute Gasteiger partial charge is 0.490 e. The third-order valence-corrected chi connectivity index (χ3v) is 13.8. The standard InChI is InChI=1S/C27H30ClNO4.C8H17NO3S.C7H14N2O.C2H5I/c1-2-24(30)21-8-5-19(21)14-29-15-27(11-3-4-17-12-20(28)7-9-22(17)27)16-33-25-10-6-18(26(31)32)13-23(25)29;1-4-5-7(2)8(6-12-3)13(9,10)11;1-2-9-3-4-10-6-7(9)5-8-1;1-2-3/h2,6-7,9-10,12-13,19,21,24,30H,1,3-5,8,11,14-16H2,(H,31,32);4,7-8H,1,5-6H2,2-3H3,(H2,9,10,11);7-8H,1-6H2;2H2,1H3/t19-,21+,24-,27-;7-,8+;7-;/m000./s1. The number of aliphatic hydroxyl groups excluding tert-OH is 1. The van der Waals surface area contributed by atoms with Crippen molar-refractivity contribution >= 4 is 55.9 Å². The van der Waals surface area contributed by atoms with E-state index in [0.29, 0.717) is 25.0 Å². The molecule has 0 aromatic heterocycles. The van der Waals surface area contributed by atoms with Crippen LogP contribution in [0.1, 0.15) is 67.4 Å². The number of alkyl halides is 1. The number of sulfonamides is 1. The predicted molar refractivity (Wildman–Crippen MR) is 246 cm³/mol. The number of nitrogens with two attached hydrogens (primary N) is 1. The van der Waals surface area contributed by atoms with Crippen molar-refractivity contribution in [2.24, 2.45) is 22.9 Å². The van der Waals surface area contributed by atoms with Gasteiger partial charge in [-0.2, -0.15) is 0 Å². The number of anilines is 1. The lowest BCUT2D eigenvalue weighted by Gasteiger charge is -2.45. The highest BCUT2D eigenvalue weighted by Crippen LogP contribution is 2.46. The Balaban J connectivity index is 0.000000241. The molecule has 59 heavy (non-hydrogen) atoms. The Labute approximate surface area is 371 Å². The molecule has 5 aliphatic rings. The van der Waals surface area contributed by atoms with Crippen LogP contribution in [0.4, 0.5) is 5.69 Å². The maximum atomic E-state index is 11.7. The van der Waals surface area contributed by atoms with E-state index in [1.54, 1.807) is 30.4 Å². The number of carbonyl (C=O) groups is 1. The van der Waals surface area contributed by atoms with Gasteiger partial charge in [-0.1, -0.05) is 66.3 Å². The van der Waals surface area contributed by atoms with Crippen LogP contribution in [0.2, 0.25) is 5.02 Å². The maximum absolute atomic E-state index is 11.7. The number of benzene rings is 2. The van der Waals surface area contributed by atoms with E-state index in [1.807, 2.05) is 13.0 Å². The topological polar surface area (TPSA) is 164 Å². The number of hydrogen-bond donors (Lipinski definition) is 4. The summed E-state index contributed by atoms with van der Waals surface area (Å²) in [7, 11) is -2.06. The summed E-state index contributed by atoms with van der Waals surface area (Å²) in [6.07, 6.45) is 8.50. The van der Waals surface area contributed by atoms with Crippen LogP contribution >= 0.6 is 34.2 Å². The number of aryl methyl sites for hydroxylation is 1. The number of allylic oxidation sites excluding steroid dienone is 1. The van der Waals surface area contributed by atoms with Crippen molar-refractivity contribution < 1.29 is 37.6 Å². The molecule has 2 aliphatic carbocycles. The van der Waals surface area contributed by atoms with Gasteiger partial charge in [0.2, 0.25) is 10.0 Å². The number of hydrogen-bond acceptors (Lipinski definition) is 10. The molecule has 330 valence electrons. The van der Waals surface area contributed by atoms with Gasteiger partial charge in [0.15, 0.2) is 0 Å². The molecule has 12 nitrogen and oxygen atoms in total. The third-order valence-electron chi connectivity index (χ3n) is 12.1. The average molecular weight is 973 g/mol. The number of ether oxygens (including phenoxy) is 3. The molecule has 3 fully saturated rings. The second-order valence-electron chi connectivity index (χ2n) is 16.1. The van der Waals surface area contributed by atoms with Crippen molar-refractivity contribution in [3.8, 4) is 5.75 Å². The fraction of sp³-hybridized carbons (Fsp3) is 0.614. The minimum absolute atomic E-state index is 0.0625. The van der Waals surface area contributed by atoms with Gasteiger partial charge in [0.25, 0.3) is 0 Å². The zero-order chi connectivity index (χ0) is 43.2. The summed E-state index contributed by atoms with van der Waals surface area (Å²) in [5.74, 6) is 0.220. The molecule has 7 atom stereocenters. The van der Waals surface area contributed by atoms with Gasteiger partial charge in [0.05, 0.1) is 43.8 Å². The molecule has 3 heterocycles. The predicted octanol–water partition coefficient (Wildman–Crippen LogP) is 6.32. The number of piperazine rings is 1. The Morgan fingerprint density at radius 1 is 1.22 bits per heavy atom. The van der Waals surface area contributed by atoms with E-state index in [0.717, 1.165) is 94.5 Å². The summed E-state index contributed by atoms with van der Waals surface area (Å²) in [6, 6.07) is 12.0. The van der Waals surface area contributed by atoms with Gasteiger partial charge in [0.1, 0.15) is 11.0 Å². The number of morpholine rings is 1. The summed E-state index contributed by atoms with van der Waals surface area (Å²) < 4.78 is 40.0. The highest BCUT2D eigenvalue weighted by atomic mass is 127. The average Bonchev–Trinajstić information content (AvgIpc) is 3.35. The highest BCUT2D eigenvalue weighted by molar-refractivity contribution is 14.1. The number of nitrogens with one attached hydrogen (secondary N) is 1. The van der Waals surface area contributed by atoms with E-state index < -0.39 is 27.3 Å². The van der Waals surface area contributed by atoms with E-state index in [2.05, 4.69) is 69.9 Å². The molecule has 0 amide bonds. The fourth-order valence-corrected chi connectivity index (χ4v) is 10.1. The van der Waals surface area contributed by atoms with Crippen LogP contribution in [0.15, 0.2) is 61.7 Å². The number of carboxylic acids is 1. The molecule has 15 heteroatoms. The quantitative estimate of drug-likeness (QED) is 0.113. The summed E-state index contributed by atoms with van der Waals surface area (Å²) >= 11 is 8.60. The number of carboxylic acid groups (broad SMARTS) is 1. The first-order chi connectivity index (χ1) is 28.2. The van der Waals surface area contributed by atoms with E-state index in [1.165, 1.54) is 29.2 Å². The number of rotatable bonds is 11. The smallest absolute Gasteiger partial charge is 0.335 e. The lowest BCUT2D eigenvalue weighted by atomic mass is 9.68. The molecule has 7 rings (SSSR count). The van der Waals surface area contributed by atoms with Crippen molar-refractivity contribution in [3.63, 3.8) is 0 Å². The van der Waals surface area contributed by atoms with E-state index in [9.17, 15) is 23.4 Å². The number of primary sulfonamides is 1. The van der Waals surface area contributed by atoms with Crippen LogP contribution in [0, 0.1) is 17.8 Å². The summed E-state index contributed by atoms with van der Waals surface area (Å²) in [5, 5.41) is 28.5.